The lowest BCUT2D eigenvalue weighted by Crippen LogP contribution is -2.46. The SMILES string of the molecule is C[C@@H]1CCCC[C@@H]1NC(=O)[C@@H](C)OC(=O)c1cccc(N(C)C)c1. The van der Waals surface area contributed by atoms with Crippen LogP contribution in [0.25, 0.3) is 0 Å². The lowest BCUT2D eigenvalue weighted by Gasteiger charge is -2.30. The zero-order valence-corrected chi connectivity index (χ0v) is 15.0. The van der Waals surface area contributed by atoms with Gasteiger partial charge in [-0.2, -0.15) is 0 Å². The van der Waals surface area contributed by atoms with Crippen LogP contribution in [0.1, 0.15) is 49.9 Å². The minimum Gasteiger partial charge on any atom is -0.449 e. The van der Waals surface area contributed by atoms with Crippen LogP contribution in [0, 0.1) is 5.92 Å². The van der Waals surface area contributed by atoms with Crippen LogP contribution < -0.4 is 10.2 Å². The molecule has 5 nitrogen and oxygen atoms in total. The van der Waals surface area contributed by atoms with Crippen LogP contribution in [0.4, 0.5) is 5.69 Å². The number of ether oxygens (including phenoxy) is 1. The van der Waals surface area contributed by atoms with E-state index < -0.39 is 12.1 Å². The van der Waals surface area contributed by atoms with E-state index in [0.717, 1.165) is 24.9 Å². The second-order valence-electron chi connectivity index (χ2n) is 6.87. The summed E-state index contributed by atoms with van der Waals surface area (Å²) in [5.74, 6) is -0.216. The number of hydrogen-bond acceptors (Lipinski definition) is 4. The van der Waals surface area contributed by atoms with Gasteiger partial charge in [0.1, 0.15) is 0 Å². The smallest absolute Gasteiger partial charge is 0.338 e. The zero-order chi connectivity index (χ0) is 17.7. The molecule has 2 rings (SSSR count). The predicted octanol–water partition coefficient (Wildman–Crippen LogP) is 2.99. The maximum absolute atomic E-state index is 12.3. The van der Waals surface area contributed by atoms with E-state index in [9.17, 15) is 9.59 Å². The number of hydrogen-bond donors (Lipinski definition) is 1. The van der Waals surface area contributed by atoms with Crippen LogP contribution in [0.2, 0.25) is 0 Å². The van der Waals surface area contributed by atoms with Crippen LogP contribution in [0.15, 0.2) is 24.3 Å². The van der Waals surface area contributed by atoms with Crippen molar-refractivity contribution < 1.29 is 14.3 Å². The molecule has 1 fully saturated rings. The number of benzene rings is 1. The quantitative estimate of drug-likeness (QED) is 0.842. The number of esters is 1. The minimum atomic E-state index is -0.797. The molecule has 0 saturated heterocycles. The van der Waals surface area contributed by atoms with E-state index in [0.29, 0.717) is 11.5 Å². The summed E-state index contributed by atoms with van der Waals surface area (Å²) in [6, 6.07) is 7.36. The topological polar surface area (TPSA) is 58.6 Å². The molecule has 1 amide bonds. The van der Waals surface area contributed by atoms with Crippen LogP contribution in [0.3, 0.4) is 0 Å². The Kier molecular flexibility index (Phi) is 6.23. The van der Waals surface area contributed by atoms with E-state index in [1.54, 1.807) is 25.1 Å². The second kappa shape index (κ2) is 8.18. The van der Waals surface area contributed by atoms with Gasteiger partial charge < -0.3 is 15.0 Å². The van der Waals surface area contributed by atoms with E-state index in [4.69, 9.17) is 4.74 Å². The number of carbonyl (C=O) groups excluding carboxylic acids is 2. The maximum Gasteiger partial charge on any atom is 0.338 e. The molecule has 0 aromatic heterocycles. The highest BCUT2D eigenvalue weighted by molar-refractivity contribution is 5.93. The summed E-state index contributed by atoms with van der Waals surface area (Å²) in [6.45, 7) is 3.78. The highest BCUT2D eigenvalue weighted by Crippen LogP contribution is 2.24. The fourth-order valence-corrected chi connectivity index (χ4v) is 3.02. The van der Waals surface area contributed by atoms with Gasteiger partial charge >= 0.3 is 5.97 Å². The first kappa shape index (κ1) is 18.3. The summed E-state index contributed by atoms with van der Waals surface area (Å²) in [5.41, 5.74) is 1.37. The third-order valence-corrected chi connectivity index (χ3v) is 4.69. The van der Waals surface area contributed by atoms with E-state index >= 15 is 0 Å². The predicted molar refractivity (Wildman–Crippen MR) is 95.2 cm³/mol. The molecule has 0 spiro atoms. The lowest BCUT2D eigenvalue weighted by atomic mass is 9.86. The summed E-state index contributed by atoms with van der Waals surface area (Å²) in [5, 5.41) is 3.03. The van der Waals surface area contributed by atoms with Gasteiger partial charge in [0.05, 0.1) is 5.56 Å². The first-order chi connectivity index (χ1) is 11.4. The van der Waals surface area contributed by atoms with Crippen molar-refractivity contribution in [3.63, 3.8) is 0 Å². The fourth-order valence-electron chi connectivity index (χ4n) is 3.02. The van der Waals surface area contributed by atoms with Gasteiger partial charge in [-0.15, -0.1) is 0 Å². The van der Waals surface area contributed by atoms with Gasteiger partial charge in [0, 0.05) is 25.8 Å². The standard InChI is InChI=1S/C19H28N2O3/c1-13-8-5-6-11-17(13)20-18(22)14(2)24-19(23)15-9-7-10-16(12-15)21(3)4/h7,9-10,12-14,17H,5-6,8,11H2,1-4H3,(H,20,22)/t13-,14-,17+/m1/s1. The Bertz CT molecular complexity index is 586. The average Bonchev–Trinajstić information content (AvgIpc) is 2.56. The summed E-state index contributed by atoms with van der Waals surface area (Å²) >= 11 is 0. The molecule has 1 aliphatic rings. The van der Waals surface area contributed by atoms with Gasteiger partial charge in [-0.1, -0.05) is 25.8 Å². The summed E-state index contributed by atoms with van der Waals surface area (Å²) in [6.07, 6.45) is 3.70. The third kappa shape index (κ3) is 4.73. The number of anilines is 1. The molecule has 0 heterocycles. The third-order valence-electron chi connectivity index (χ3n) is 4.69. The molecule has 0 aliphatic heterocycles. The Balaban J connectivity index is 1.93. The van der Waals surface area contributed by atoms with Crippen molar-refractivity contribution in [2.45, 2.75) is 51.7 Å². The van der Waals surface area contributed by atoms with E-state index in [2.05, 4.69) is 12.2 Å². The van der Waals surface area contributed by atoms with Gasteiger partial charge in [0.25, 0.3) is 5.91 Å². The summed E-state index contributed by atoms with van der Waals surface area (Å²) in [7, 11) is 3.82. The molecule has 1 saturated carbocycles. The van der Waals surface area contributed by atoms with Gasteiger partial charge in [-0.3, -0.25) is 4.79 Å². The van der Waals surface area contributed by atoms with Crippen molar-refractivity contribution in [3.05, 3.63) is 29.8 Å². The van der Waals surface area contributed by atoms with Gasteiger partial charge in [0.2, 0.25) is 0 Å². The number of carbonyl (C=O) groups is 2. The molecule has 1 N–H and O–H groups in total. The van der Waals surface area contributed by atoms with Crippen LogP contribution in [0.5, 0.6) is 0 Å². The van der Waals surface area contributed by atoms with E-state index in [-0.39, 0.29) is 11.9 Å². The highest BCUT2D eigenvalue weighted by atomic mass is 16.5. The van der Waals surface area contributed by atoms with Crippen molar-refractivity contribution in [1.29, 1.82) is 0 Å². The van der Waals surface area contributed by atoms with Gasteiger partial charge in [0.15, 0.2) is 6.10 Å². The molecule has 5 heteroatoms. The van der Waals surface area contributed by atoms with Gasteiger partial charge in [-0.25, -0.2) is 4.79 Å². The number of rotatable bonds is 5. The van der Waals surface area contributed by atoms with Crippen LogP contribution in [-0.4, -0.2) is 38.1 Å². The molecular weight excluding hydrogens is 304 g/mol. The van der Waals surface area contributed by atoms with Crippen molar-refractivity contribution in [1.82, 2.24) is 5.32 Å². The Hall–Kier alpha value is -2.04. The van der Waals surface area contributed by atoms with Crippen molar-refractivity contribution in [3.8, 4) is 0 Å². The number of amides is 1. The largest absolute Gasteiger partial charge is 0.449 e. The van der Waals surface area contributed by atoms with Crippen molar-refractivity contribution in [2.75, 3.05) is 19.0 Å². The molecule has 24 heavy (non-hydrogen) atoms. The van der Waals surface area contributed by atoms with E-state index in [1.807, 2.05) is 25.1 Å². The number of nitrogens with zero attached hydrogens (tertiary/aromatic N) is 1. The minimum absolute atomic E-state index is 0.185. The maximum atomic E-state index is 12.3. The second-order valence-corrected chi connectivity index (χ2v) is 6.87. The molecule has 132 valence electrons. The monoisotopic (exact) mass is 332 g/mol. The Morgan fingerprint density at radius 1 is 1.25 bits per heavy atom. The number of nitrogens with one attached hydrogen (secondary N) is 1. The molecule has 1 aromatic carbocycles. The highest BCUT2D eigenvalue weighted by Gasteiger charge is 2.26. The Labute approximate surface area is 144 Å². The molecule has 0 unspecified atom stereocenters. The first-order valence-corrected chi connectivity index (χ1v) is 8.67. The molecule has 1 aliphatic carbocycles. The van der Waals surface area contributed by atoms with Crippen molar-refractivity contribution >= 4 is 17.6 Å². The van der Waals surface area contributed by atoms with Gasteiger partial charge in [-0.05, 0) is 43.9 Å². The zero-order valence-electron chi connectivity index (χ0n) is 15.0. The fraction of sp³-hybridized carbons (Fsp3) is 0.579. The first-order valence-electron chi connectivity index (χ1n) is 8.67. The normalized spacial score (nSPS) is 21.7. The molecule has 0 radical (unpaired) electrons. The van der Waals surface area contributed by atoms with Crippen LogP contribution in [-0.2, 0) is 9.53 Å². The molecule has 3 atom stereocenters. The Morgan fingerprint density at radius 3 is 2.62 bits per heavy atom. The molecular formula is C19H28N2O3. The molecule has 1 aromatic rings. The van der Waals surface area contributed by atoms with Crippen LogP contribution >= 0.6 is 0 Å². The van der Waals surface area contributed by atoms with E-state index in [1.165, 1.54) is 6.42 Å². The van der Waals surface area contributed by atoms with Crippen molar-refractivity contribution in [2.24, 2.45) is 5.92 Å². The summed E-state index contributed by atoms with van der Waals surface area (Å²) in [4.78, 5) is 26.5. The summed E-state index contributed by atoms with van der Waals surface area (Å²) < 4.78 is 5.34. The average molecular weight is 332 g/mol. The lowest BCUT2D eigenvalue weighted by molar-refractivity contribution is -0.130. The Morgan fingerprint density at radius 2 is 1.96 bits per heavy atom. The molecule has 0 bridgehead atoms.